The Morgan fingerprint density at radius 1 is 1.24 bits per heavy atom. The molecule has 2 aromatic heterocycles. The van der Waals surface area contributed by atoms with Gasteiger partial charge in [0.25, 0.3) is 0 Å². The van der Waals surface area contributed by atoms with Crippen molar-refractivity contribution in [2.75, 3.05) is 11.9 Å². The second-order valence-electron chi connectivity index (χ2n) is 8.26. The van der Waals surface area contributed by atoms with E-state index in [1.165, 1.54) is 0 Å². The predicted molar refractivity (Wildman–Crippen MR) is 126 cm³/mol. The van der Waals surface area contributed by atoms with Gasteiger partial charge in [0.2, 0.25) is 17.6 Å². The Bertz CT molecular complexity index is 1280. The lowest BCUT2D eigenvalue weighted by Gasteiger charge is -2.21. The number of ether oxygens (including phenoxy) is 1. The first kappa shape index (κ1) is 22.2. The maximum atomic E-state index is 14.6. The second-order valence-corrected chi connectivity index (χ2v) is 8.75. The van der Waals surface area contributed by atoms with E-state index in [2.05, 4.69) is 30.9 Å². The highest BCUT2D eigenvalue weighted by Crippen LogP contribution is 2.56. The number of carbonyl (C=O) groups is 1. The summed E-state index contributed by atoms with van der Waals surface area (Å²) in [6.45, 7) is 2.42. The van der Waals surface area contributed by atoms with E-state index in [9.17, 15) is 9.18 Å². The van der Waals surface area contributed by atoms with Crippen LogP contribution < -0.4 is 10.1 Å². The summed E-state index contributed by atoms with van der Waals surface area (Å²) in [5.74, 6) is 0.388. The molecule has 10 heteroatoms. The van der Waals surface area contributed by atoms with Gasteiger partial charge in [0.05, 0.1) is 12.0 Å². The van der Waals surface area contributed by atoms with Gasteiger partial charge in [0, 0.05) is 46.1 Å². The number of anilines is 1. The Balaban J connectivity index is 1.46. The highest BCUT2D eigenvalue weighted by atomic mass is 35.5. The van der Waals surface area contributed by atoms with Crippen molar-refractivity contribution in [1.29, 1.82) is 0 Å². The third-order valence-electron chi connectivity index (χ3n) is 6.08. The van der Waals surface area contributed by atoms with Crippen molar-refractivity contribution in [1.82, 2.24) is 25.6 Å². The first-order valence-corrected chi connectivity index (χ1v) is 11.4. The number of hydrogen-bond donors (Lipinski definition) is 2. The standard InChI is InChI=1S/C24H22ClFN6O2/c1-2-34-21-8-3-14(13-27-21)17-6-5-16(12-18(17)22-29-31-32-30-22)28-23(33)24(9-10-24)19-11-15(25)4-7-20(19)26/h3,5-6,8,11-13H,2,4,7,9-10H2,1H3,(H,28,33)(H,29,30,31,32). The molecule has 0 aliphatic heterocycles. The fourth-order valence-corrected chi connectivity index (χ4v) is 4.37. The number of hydrogen-bond acceptors (Lipinski definition) is 6. The van der Waals surface area contributed by atoms with Gasteiger partial charge in [-0.3, -0.25) is 4.79 Å². The van der Waals surface area contributed by atoms with Crippen molar-refractivity contribution >= 4 is 23.2 Å². The zero-order valence-corrected chi connectivity index (χ0v) is 19.2. The van der Waals surface area contributed by atoms with E-state index in [1.807, 2.05) is 19.1 Å². The van der Waals surface area contributed by atoms with Crippen LogP contribution in [0.25, 0.3) is 22.5 Å². The van der Waals surface area contributed by atoms with Crippen LogP contribution in [0.3, 0.4) is 0 Å². The van der Waals surface area contributed by atoms with Crippen LogP contribution in [-0.4, -0.2) is 38.1 Å². The molecule has 2 aliphatic rings. The number of nitrogens with one attached hydrogen (secondary N) is 2. The minimum Gasteiger partial charge on any atom is -0.478 e. The molecular formula is C24H22ClFN6O2. The number of rotatable bonds is 7. The lowest BCUT2D eigenvalue weighted by molar-refractivity contribution is -0.119. The van der Waals surface area contributed by atoms with Crippen molar-refractivity contribution in [3.63, 3.8) is 0 Å². The van der Waals surface area contributed by atoms with Crippen LogP contribution in [0.1, 0.15) is 32.6 Å². The smallest absolute Gasteiger partial charge is 0.235 e. The third-order valence-corrected chi connectivity index (χ3v) is 6.38. The number of aromatic amines is 1. The predicted octanol–water partition coefficient (Wildman–Crippen LogP) is 5.19. The zero-order valence-electron chi connectivity index (χ0n) is 18.4. The van der Waals surface area contributed by atoms with Crippen LogP contribution in [-0.2, 0) is 4.79 Å². The molecular weight excluding hydrogens is 459 g/mol. The summed E-state index contributed by atoms with van der Waals surface area (Å²) in [7, 11) is 0. The van der Waals surface area contributed by atoms with E-state index >= 15 is 0 Å². The average Bonchev–Trinajstić information content (AvgIpc) is 3.47. The van der Waals surface area contributed by atoms with E-state index in [0.717, 1.165) is 11.1 Å². The van der Waals surface area contributed by atoms with Crippen LogP contribution in [0.2, 0.25) is 0 Å². The minimum absolute atomic E-state index is 0.229. The van der Waals surface area contributed by atoms with Gasteiger partial charge < -0.3 is 10.1 Å². The fourth-order valence-electron chi connectivity index (χ4n) is 4.17. The molecule has 1 fully saturated rings. The van der Waals surface area contributed by atoms with Crippen LogP contribution in [0.5, 0.6) is 5.88 Å². The lowest BCUT2D eigenvalue weighted by Crippen LogP contribution is -2.26. The summed E-state index contributed by atoms with van der Waals surface area (Å²) < 4.78 is 20.0. The summed E-state index contributed by atoms with van der Waals surface area (Å²) in [6, 6.07) is 9.10. The number of nitrogens with zero attached hydrogens (tertiary/aromatic N) is 4. The third kappa shape index (κ3) is 4.19. The summed E-state index contributed by atoms with van der Waals surface area (Å²) in [4.78, 5) is 17.6. The Morgan fingerprint density at radius 2 is 2.09 bits per heavy atom. The molecule has 2 N–H and O–H groups in total. The van der Waals surface area contributed by atoms with Gasteiger partial charge in [0.15, 0.2) is 0 Å². The van der Waals surface area contributed by atoms with Crippen LogP contribution in [0, 0.1) is 5.41 Å². The molecule has 1 amide bonds. The van der Waals surface area contributed by atoms with E-state index in [1.54, 1.807) is 30.5 Å². The number of halogens is 2. The molecule has 2 aliphatic carbocycles. The summed E-state index contributed by atoms with van der Waals surface area (Å²) >= 11 is 6.15. The van der Waals surface area contributed by atoms with Gasteiger partial charge >= 0.3 is 0 Å². The molecule has 5 rings (SSSR count). The maximum Gasteiger partial charge on any atom is 0.235 e. The van der Waals surface area contributed by atoms with Crippen molar-refractivity contribution < 1.29 is 13.9 Å². The Hall–Kier alpha value is -3.59. The van der Waals surface area contributed by atoms with Gasteiger partial charge in [-0.25, -0.2) is 9.37 Å². The van der Waals surface area contributed by atoms with Crippen molar-refractivity contribution in [3.05, 3.63) is 59.0 Å². The number of aromatic nitrogens is 5. The SMILES string of the molecule is CCOc1ccc(-c2ccc(NC(=O)C3(C4=C(F)CCC(Cl)=C4)CC3)cc2-c2nn[nH]n2)cn1. The molecule has 0 atom stereocenters. The van der Waals surface area contributed by atoms with Gasteiger partial charge in [-0.1, -0.05) is 17.7 Å². The molecule has 174 valence electrons. The fraction of sp³-hybridized carbons (Fsp3) is 0.292. The molecule has 3 aromatic rings. The lowest BCUT2D eigenvalue weighted by atomic mass is 9.89. The Labute approximate surface area is 200 Å². The first-order chi connectivity index (χ1) is 16.5. The van der Waals surface area contributed by atoms with E-state index in [0.29, 0.717) is 59.4 Å². The summed E-state index contributed by atoms with van der Waals surface area (Å²) in [5, 5.41) is 17.9. The van der Waals surface area contributed by atoms with Crippen molar-refractivity contribution in [2.24, 2.45) is 5.41 Å². The van der Waals surface area contributed by atoms with Crippen molar-refractivity contribution in [3.8, 4) is 28.4 Å². The van der Waals surface area contributed by atoms with Crippen molar-refractivity contribution in [2.45, 2.75) is 32.6 Å². The van der Waals surface area contributed by atoms with Crippen LogP contribution in [0.4, 0.5) is 10.1 Å². The largest absolute Gasteiger partial charge is 0.478 e. The molecule has 0 saturated heterocycles. The molecule has 0 unspecified atom stereocenters. The number of amides is 1. The highest BCUT2D eigenvalue weighted by Gasteiger charge is 2.54. The molecule has 0 bridgehead atoms. The van der Waals surface area contributed by atoms with Gasteiger partial charge in [0.1, 0.15) is 5.83 Å². The van der Waals surface area contributed by atoms with E-state index in [4.69, 9.17) is 16.3 Å². The second kappa shape index (κ2) is 8.98. The van der Waals surface area contributed by atoms with E-state index in [-0.39, 0.29) is 18.2 Å². The highest BCUT2D eigenvalue weighted by molar-refractivity contribution is 6.30. The van der Waals surface area contributed by atoms with E-state index < -0.39 is 5.41 Å². The number of allylic oxidation sites excluding steroid dienone is 3. The number of H-pyrrole nitrogens is 1. The van der Waals surface area contributed by atoms with Gasteiger partial charge in [-0.2, -0.15) is 5.21 Å². The van der Waals surface area contributed by atoms with Gasteiger partial charge in [-0.05, 0) is 61.2 Å². The Morgan fingerprint density at radius 3 is 2.76 bits per heavy atom. The molecule has 34 heavy (non-hydrogen) atoms. The number of carbonyl (C=O) groups excluding carboxylic acids is 1. The number of pyridine rings is 1. The average molecular weight is 481 g/mol. The zero-order chi connectivity index (χ0) is 23.7. The maximum absolute atomic E-state index is 14.6. The molecule has 1 aromatic carbocycles. The topological polar surface area (TPSA) is 106 Å². The molecule has 2 heterocycles. The monoisotopic (exact) mass is 480 g/mol. The summed E-state index contributed by atoms with van der Waals surface area (Å²) in [6.07, 6.45) is 5.16. The first-order valence-electron chi connectivity index (χ1n) is 11.0. The minimum atomic E-state index is -0.880. The van der Waals surface area contributed by atoms with Crippen LogP contribution >= 0.6 is 11.6 Å². The molecule has 0 spiro atoms. The molecule has 1 saturated carbocycles. The quantitative estimate of drug-likeness (QED) is 0.482. The Kier molecular flexibility index (Phi) is 5.87. The van der Waals surface area contributed by atoms with Gasteiger partial charge in [-0.15, -0.1) is 10.2 Å². The van der Waals surface area contributed by atoms with Crippen LogP contribution in [0.15, 0.2) is 59.0 Å². The summed E-state index contributed by atoms with van der Waals surface area (Å²) in [5.41, 5.74) is 2.37. The molecule has 0 radical (unpaired) electrons. The molecule has 8 nitrogen and oxygen atoms in total. The number of tetrazole rings is 1. The normalized spacial score (nSPS) is 16.7. The number of benzene rings is 1.